The van der Waals surface area contributed by atoms with Crippen LogP contribution in [0.2, 0.25) is 0 Å². The molecule has 0 aliphatic carbocycles. The van der Waals surface area contributed by atoms with Crippen LogP contribution in [0, 0.1) is 5.82 Å². The molecule has 4 aromatic rings. The lowest BCUT2D eigenvalue weighted by molar-refractivity contribution is 0.628. The fourth-order valence-corrected chi connectivity index (χ4v) is 3.11. The summed E-state index contributed by atoms with van der Waals surface area (Å²) >= 11 is 0. The summed E-state index contributed by atoms with van der Waals surface area (Å²) in [5.41, 5.74) is 5.56. The first-order valence-corrected chi connectivity index (χ1v) is 7.90. The normalized spacial score (nSPS) is 10.9. The van der Waals surface area contributed by atoms with Crippen LogP contribution in [0.15, 0.2) is 73.7 Å². The van der Waals surface area contributed by atoms with Gasteiger partial charge in [0.15, 0.2) is 0 Å². The molecule has 4 rings (SSSR count). The standard InChI is InChI=1S/C20H15FN4/c1-2-13-25-17-9-12-23-24-19(17)18(14-3-5-16(21)6-4-14)20(25)15-7-10-22-11-8-15/h2-12H,1,13H2. The minimum absolute atomic E-state index is 0.268. The molecule has 1 aromatic carbocycles. The van der Waals surface area contributed by atoms with E-state index < -0.39 is 0 Å². The number of rotatable bonds is 4. The van der Waals surface area contributed by atoms with Crippen molar-refractivity contribution >= 4 is 11.0 Å². The molecule has 0 unspecified atom stereocenters. The first-order valence-electron chi connectivity index (χ1n) is 7.90. The van der Waals surface area contributed by atoms with Gasteiger partial charge in [-0.1, -0.05) is 18.2 Å². The molecular weight excluding hydrogens is 315 g/mol. The van der Waals surface area contributed by atoms with Crippen molar-refractivity contribution in [2.24, 2.45) is 0 Å². The van der Waals surface area contributed by atoms with Crippen molar-refractivity contribution in [1.82, 2.24) is 19.7 Å². The first kappa shape index (κ1) is 15.2. The van der Waals surface area contributed by atoms with Crippen molar-refractivity contribution in [3.8, 4) is 22.4 Å². The number of nitrogens with zero attached hydrogens (tertiary/aromatic N) is 4. The van der Waals surface area contributed by atoms with E-state index in [-0.39, 0.29) is 5.82 Å². The van der Waals surface area contributed by atoms with Gasteiger partial charge in [0.25, 0.3) is 0 Å². The highest BCUT2D eigenvalue weighted by molar-refractivity contribution is 6.02. The van der Waals surface area contributed by atoms with Gasteiger partial charge in [0.2, 0.25) is 0 Å². The van der Waals surface area contributed by atoms with E-state index in [2.05, 4.69) is 26.3 Å². The van der Waals surface area contributed by atoms with E-state index in [1.165, 1.54) is 12.1 Å². The molecule has 0 bridgehead atoms. The third-order valence-corrected chi connectivity index (χ3v) is 4.13. The second-order valence-corrected chi connectivity index (χ2v) is 5.63. The smallest absolute Gasteiger partial charge is 0.123 e. The second kappa shape index (κ2) is 6.28. The van der Waals surface area contributed by atoms with Gasteiger partial charge in [-0.2, -0.15) is 5.10 Å². The van der Waals surface area contributed by atoms with Crippen molar-refractivity contribution in [1.29, 1.82) is 0 Å². The van der Waals surface area contributed by atoms with E-state index in [1.807, 2.05) is 24.3 Å². The minimum Gasteiger partial charge on any atom is -0.335 e. The summed E-state index contributed by atoms with van der Waals surface area (Å²) in [5.74, 6) is -0.268. The Morgan fingerprint density at radius 3 is 2.44 bits per heavy atom. The maximum atomic E-state index is 13.4. The monoisotopic (exact) mass is 330 g/mol. The van der Waals surface area contributed by atoms with Crippen LogP contribution in [0.3, 0.4) is 0 Å². The van der Waals surface area contributed by atoms with Gasteiger partial charge < -0.3 is 4.57 Å². The van der Waals surface area contributed by atoms with Crippen LogP contribution in [0.25, 0.3) is 33.4 Å². The van der Waals surface area contributed by atoms with Gasteiger partial charge >= 0.3 is 0 Å². The van der Waals surface area contributed by atoms with Crippen molar-refractivity contribution < 1.29 is 4.39 Å². The summed E-state index contributed by atoms with van der Waals surface area (Å²) in [5, 5.41) is 8.40. The van der Waals surface area contributed by atoms with Crippen LogP contribution in [-0.2, 0) is 6.54 Å². The highest BCUT2D eigenvalue weighted by Crippen LogP contribution is 2.39. The largest absolute Gasteiger partial charge is 0.335 e. The minimum atomic E-state index is -0.268. The lowest BCUT2D eigenvalue weighted by Crippen LogP contribution is -1.98. The van der Waals surface area contributed by atoms with E-state index in [0.29, 0.717) is 6.54 Å². The molecule has 0 spiro atoms. The fraction of sp³-hybridized carbons (Fsp3) is 0.0500. The highest BCUT2D eigenvalue weighted by atomic mass is 19.1. The molecule has 0 aliphatic heterocycles. The summed E-state index contributed by atoms with van der Waals surface area (Å²) in [6.45, 7) is 4.50. The van der Waals surface area contributed by atoms with Crippen LogP contribution in [-0.4, -0.2) is 19.7 Å². The number of hydrogen-bond acceptors (Lipinski definition) is 3. The molecule has 25 heavy (non-hydrogen) atoms. The lowest BCUT2D eigenvalue weighted by Gasteiger charge is -2.10. The van der Waals surface area contributed by atoms with Crippen molar-refractivity contribution in [3.63, 3.8) is 0 Å². The summed E-state index contributed by atoms with van der Waals surface area (Å²) in [6, 6.07) is 12.3. The third-order valence-electron chi connectivity index (χ3n) is 4.13. The van der Waals surface area contributed by atoms with Gasteiger partial charge in [0.1, 0.15) is 11.3 Å². The molecule has 0 atom stereocenters. The predicted octanol–water partition coefficient (Wildman–Crippen LogP) is 4.49. The molecule has 0 aliphatic rings. The van der Waals surface area contributed by atoms with Crippen LogP contribution in [0.5, 0.6) is 0 Å². The molecule has 122 valence electrons. The Bertz CT molecular complexity index is 1040. The topological polar surface area (TPSA) is 43.6 Å². The van der Waals surface area contributed by atoms with Gasteiger partial charge in [-0.25, -0.2) is 4.39 Å². The molecular formula is C20H15FN4. The Balaban J connectivity index is 2.12. The van der Waals surface area contributed by atoms with E-state index in [0.717, 1.165) is 33.4 Å². The number of hydrogen-bond donors (Lipinski definition) is 0. The zero-order chi connectivity index (χ0) is 17.2. The number of benzene rings is 1. The Labute approximate surface area is 144 Å². The van der Waals surface area contributed by atoms with Gasteiger partial charge in [-0.15, -0.1) is 11.7 Å². The Kier molecular flexibility index (Phi) is 3.82. The van der Waals surface area contributed by atoms with E-state index in [1.54, 1.807) is 30.7 Å². The molecule has 0 fully saturated rings. The Morgan fingerprint density at radius 2 is 1.72 bits per heavy atom. The summed E-state index contributed by atoms with van der Waals surface area (Å²) in [4.78, 5) is 4.11. The zero-order valence-corrected chi connectivity index (χ0v) is 13.4. The number of fused-ring (bicyclic) bond motifs is 1. The van der Waals surface area contributed by atoms with Gasteiger partial charge in [0, 0.05) is 30.1 Å². The fourth-order valence-electron chi connectivity index (χ4n) is 3.11. The van der Waals surface area contributed by atoms with Gasteiger partial charge in [-0.3, -0.25) is 4.98 Å². The Morgan fingerprint density at radius 1 is 0.960 bits per heavy atom. The maximum absolute atomic E-state index is 13.4. The van der Waals surface area contributed by atoms with Gasteiger partial charge in [0.05, 0.1) is 17.4 Å². The quantitative estimate of drug-likeness (QED) is 0.518. The number of allylic oxidation sites excluding steroid dienone is 1. The highest BCUT2D eigenvalue weighted by Gasteiger charge is 2.20. The number of aromatic nitrogens is 4. The predicted molar refractivity (Wildman–Crippen MR) is 96.4 cm³/mol. The van der Waals surface area contributed by atoms with E-state index >= 15 is 0 Å². The molecule has 4 nitrogen and oxygen atoms in total. The summed E-state index contributed by atoms with van der Waals surface area (Å²) in [6.07, 6.45) is 7.03. The summed E-state index contributed by atoms with van der Waals surface area (Å²) < 4.78 is 15.6. The molecule has 3 aromatic heterocycles. The second-order valence-electron chi connectivity index (χ2n) is 5.63. The van der Waals surface area contributed by atoms with E-state index in [9.17, 15) is 4.39 Å². The molecule has 0 amide bonds. The zero-order valence-electron chi connectivity index (χ0n) is 13.4. The van der Waals surface area contributed by atoms with Crippen LogP contribution < -0.4 is 0 Å². The average molecular weight is 330 g/mol. The molecule has 0 N–H and O–H groups in total. The molecule has 0 radical (unpaired) electrons. The van der Waals surface area contributed by atoms with Crippen molar-refractivity contribution in [3.05, 3.63) is 79.5 Å². The van der Waals surface area contributed by atoms with Crippen molar-refractivity contribution in [2.75, 3.05) is 0 Å². The van der Waals surface area contributed by atoms with Gasteiger partial charge in [-0.05, 0) is 35.9 Å². The molecule has 3 heterocycles. The van der Waals surface area contributed by atoms with Crippen LogP contribution in [0.4, 0.5) is 4.39 Å². The SMILES string of the molecule is C=CCn1c(-c2ccncc2)c(-c2ccc(F)cc2)c2nnccc21. The molecule has 5 heteroatoms. The maximum Gasteiger partial charge on any atom is 0.123 e. The third kappa shape index (κ3) is 2.59. The summed E-state index contributed by atoms with van der Waals surface area (Å²) in [7, 11) is 0. The van der Waals surface area contributed by atoms with Crippen LogP contribution >= 0.6 is 0 Å². The molecule has 0 saturated heterocycles. The number of pyridine rings is 1. The average Bonchev–Trinajstić information content (AvgIpc) is 2.98. The molecule has 0 saturated carbocycles. The first-order chi connectivity index (χ1) is 12.3. The van der Waals surface area contributed by atoms with Crippen molar-refractivity contribution in [2.45, 2.75) is 6.54 Å². The Hall–Kier alpha value is -3.34. The number of halogens is 1. The van der Waals surface area contributed by atoms with E-state index in [4.69, 9.17) is 0 Å². The lowest BCUT2D eigenvalue weighted by atomic mass is 10.0. The van der Waals surface area contributed by atoms with Crippen LogP contribution in [0.1, 0.15) is 0 Å².